The van der Waals surface area contributed by atoms with Crippen molar-refractivity contribution < 1.29 is 17.6 Å². The van der Waals surface area contributed by atoms with Gasteiger partial charge in [-0.1, -0.05) is 24.3 Å². The molecule has 0 aliphatic heterocycles. The highest BCUT2D eigenvalue weighted by Gasteiger charge is 2.35. The Balaban J connectivity index is 2.40. The van der Waals surface area contributed by atoms with Crippen LogP contribution in [-0.2, 0) is 12.9 Å². The molecule has 1 atom stereocenters. The number of hydrogen-bond donors (Lipinski definition) is 1. The normalized spacial score (nSPS) is 13.2. The van der Waals surface area contributed by atoms with Gasteiger partial charge in [-0.2, -0.15) is 13.2 Å². The lowest BCUT2D eigenvalue weighted by molar-refractivity contribution is -0.138. The molecule has 0 aliphatic rings. The first-order valence-electron chi connectivity index (χ1n) is 5.86. The minimum Gasteiger partial charge on any atom is -0.319 e. The van der Waals surface area contributed by atoms with Crippen LogP contribution in [0.2, 0.25) is 0 Å². The number of hydrogen-bond acceptors (Lipinski definition) is 2. The van der Waals surface area contributed by atoms with E-state index in [0.29, 0.717) is 11.1 Å². The number of halogens is 4. The van der Waals surface area contributed by atoms with Crippen LogP contribution in [0.25, 0.3) is 0 Å². The Bertz CT molecular complexity index is 578. The van der Waals surface area contributed by atoms with Crippen LogP contribution in [0.15, 0.2) is 42.6 Å². The van der Waals surface area contributed by atoms with Gasteiger partial charge >= 0.3 is 6.18 Å². The van der Waals surface area contributed by atoms with E-state index in [0.717, 1.165) is 6.07 Å². The number of aromatic nitrogens is 1. The summed E-state index contributed by atoms with van der Waals surface area (Å²) in [6, 6.07) is 7.14. The summed E-state index contributed by atoms with van der Waals surface area (Å²) >= 11 is 0. The fourth-order valence-corrected chi connectivity index (χ4v) is 1.88. The van der Waals surface area contributed by atoms with E-state index in [1.54, 1.807) is 0 Å². The first-order valence-corrected chi connectivity index (χ1v) is 5.86. The third-order valence-corrected chi connectivity index (χ3v) is 2.93. The molecule has 1 aromatic carbocycles. The third-order valence-electron chi connectivity index (χ3n) is 2.93. The number of nitrogens with two attached hydrogens (primary N) is 1. The van der Waals surface area contributed by atoms with Gasteiger partial charge in [0.05, 0.1) is 17.3 Å². The van der Waals surface area contributed by atoms with E-state index in [1.807, 2.05) is 0 Å². The lowest BCUT2D eigenvalue weighted by Crippen LogP contribution is -2.20. The molecule has 6 heteroatoms. The smallest absolute Gasteiger partial charge is 0.319 e. The van der Waals surface area contributed by atoms with Gasteiger partial charge in [0.25, 0.3) is 0 Å². The average Bonchev–Trinajstić information content (AvgIpc) is 2.46. The molecule has 1 aromatic heterocycles. The predicted octanol–water partition coefficient (Wildman–Crippen LogP) is 3.62. The quantitative estimate of drug-likeness (QED) is 0.874. The maximum Gasteiger partial charge on any atom is 0.418 e. The average molecular weight is 284 g/mol. The van der Waals surface area contributed by atoms with Gasteiger partial charge < -0.3 is 5.73 Å². The van der Waals surface area contributed by atoms with E-state index in [4.69, 9.17) is 5.73 Å². The largest absolute Gasteiger partial charge is 0.418 e. The van der Waals surface area contributed by atoms with E-state index in [-0.39, 0.29) is 5.69 Å². The molecule has 0 saturated heterocycles. The van der Waals surface area contributed by atoms with Crippen molar-refractivity contribution in [3.05, 3.63) is 65.0 Å². The zero-order chi connectivity index (χ0) is 14.8. The Labute approximate surface area is 113 Å². The summed E-state index contributed by atoms with van der Waals surface area (Å²) in [5, 5.41) is 0. The first-order chi connectivity index (χ1) is 9.43. The maximum atomic E-state index is 12.9. The molecule has 0 bridgehead atoms. The molecule has 0 unspecified atom stereocenters. The van der Waals surface area contributed by atoms with Crippen LogP contribution in [0.3, 0.4) is 0 Å². The fraction of sp³-hybridized carbons (Fsp3) is 0.214. The van der Waals surface area contributed by atoms with Gasteiger partial charge in [-0.15, -0.1) is 0 Å². The van der Waals surface area contributed by atoms with Crippen molar-refractivity contribution in [3.8, 4) is 0 Å². The Hall–Kier alpha value is -1.95. The van der Waals surface area contributed by atoms with E-state index < -0.39 is 24.5 Å². The van der Waals surface area contributed by atoms with Crippen LogP contribution < -0.4 is 5.73 Å². The second kappa shape index (κ2) is 5.58. The van der Waals surface area contributed by atoms with Crippen LogP contribution in [0.4, 0.5) is 17.6 Å². The zero-order valence-electron chi connectivity index (χ0n) is 10.4. The molecule has 0 fully saturated rings. The maximum absolute atomic E-state index is 12.9. The molecule has 2 rings (SSSR count). The standard InChI is InChI=1S/C14H12F4N2/c15-8-9-3-5-10(6-4-9)12(19)13-11(14(16,17)18)2-1-7-20-13/h1-7,12H,8,19H2/t12-/m0/s1. The molecule has 1 heterocycles. The topological polar surface area (TPSA) is 38.9 Å². The highest BCUT2D eigenvalue weighted by molar-refractivity contribution is 5.35. The Morgan fingerprint density at radius 1 is 1.10 bits per heavy atom. The summed E-state index contributed by atoms with van der Waals surface area (Å²) in [6.07, 6.45) is -3.25. The van der Waals surface area contributed by atoms with E-state index in [9.17, 15) is 17.6 Å². The Morgan fingerprint density at radius 2 is 1.75 bits per heavy atom. The minimum absolute atomic E-state index is 0.243. The SMILES string of the molecule is N[C@@H](c1ccc(CF)cc1)c1ncccc1C(F)(F)F. The van der Waals surface area contributed by atoms with Gasteiger partial charge in [0.15, 0.2) is 0 Å². The Kier molecular flexibility index (Phi) is 4.04. The Morgan fingerprint density at radius 3 is 2.30 bits per heavy atom. The summed E-state index contributed by atoms with van der Waals surface area (Å²) in [5.74, 6) is 0. The summed E-state index contributed by atoms with van der Waals surface area (Å²) in [4.78, 5) is 3.74. The highest BCUT2D eigenvalue weighted by atomic mass is 19.4. The van der Waals surface area contributed by atoms with Crippen molar-refractivity contribution in [3.63, 3.8) is 0 Å². The minimum atomic E-state index is -4.51. The van der Waals surface area contributed by atoms with Crippen molar-refractivity contribution in [2.24, 2.45) is 5.73 Å². The van der Waals surface area contributed by atoms with Gasteiger partial charge in [-0.3, -0.25) is 4.98 Å². The van der Waals surface area contributed by atoms with Crippen LogP contribution in [0.5, 0.6) is 0 Å². The molecular formula is C14H12F4N2. The molecule has 0 saturated carbocycles. The van der Waals surface area contributed by atoms with Crippen molar-refractivity contribution >= 4 is 0 Å². The van der Waals surface area contributed by atoms with Gasteiger partial charge in [-0.05, 0) is 23.3 Å². The van der Waals surface area contributed by atoms with Crippen LogP contribution in [-0.4, -0.2) is 4.98 Å². The second-order valence-electron chi connectivity index (χ2n) is 4.29. The fourth-order valence-electron chi connectivity index (χ4n) is 1.88. The molecule has 0 spiro atoms. The number of alkyl halides is 4. The monoisotopic (exact) mass is 284 g/mol. The molecular weight excluding hydrogens is 272 g/mol. The lowest BCUT2D eigenvalue weighted by atomic mass is 9.99. The summed E-state index contributed by atoms with van der Waals surface area (Å²) in [6.45, 7) is -0.632. The predicted molar refractivity (Wildman–Crippen MR) is 66.5 cm³/mol. The van der Waals surface area contributed by atoms with Gasteiger partial charge in [-0.25, -0.2) is 4.39 Å². The first kappa shape index (κ1) is 14.5. The lowest BCUT2D eigenvalue weighted by Gasteiger charge is -2.17. The molecule has 0 aliphatic carbocycles. The van der Waals surface area contributed by atoms with Crippen molar-refractivity contribution in [1.82, 2.24) is 4.98 Å². The van der Waals surface area contributed by atoms with Gasteiger partial charge in [0.1, 0.15) is 6.67 Å². The molecule has 0 amide bonds. The van der Waals surface area contributed by atoms with Crippen molar-refractivity contribution in [1.29, 1.82) is 0 Å². The van der Waals surface area contributed by atoms with Crippen LogP contribution in [0, 0.1) is 0 Å². The zero-order valence-corrected chi connectivity index (χ0v) is 10.4. The summed E-state index contributed by atoms with van der Waals surface area (Å²) in [5.41, 5.74) is 5.64. The number of pyridine rings is 1. The summed E-state index contributed by atoms with van der Waals surface area (Å²) < 4.78 is 51.1. The molecule has 106 valence electrons. The summed E-state index contributed by atoms with van der Waals surface area (Å²) in [7, 11) is 0. The highest BCUT2D eigenvalue weighted by Crippen LogP contribution is 2.34. The van der Waals surface area contributed by atoms with Crippen molar-refractivity contribution in [2.75, 3.05) is 0 Å². The third kappa shape index (κ3) is 2.96. The van der Waals surface area contributed by atoms with E-state index in [1.165, 1.54) is 36.5 Å². The number of rotatable bonds is 3. The second-order valence-corrected chi connectivity index (χ2v) is 4.29. The van der Waals surface area contributed by atoms with E-state index >= 15 is 0 Å². The van der Waals surface area contributed by atoms with Gasteiger partial charge in [0, 0.05) is 6.20 Å². The molecule has 0 radical (unpaired) electrons. The number of benzene rings is 1. The van der Waals surface area contributed by atoms with Crippen LogP contribution >= 0.6 is 0 Å². The van der Waals surface area contributed by atoms with Gasteiger partial charge in [0.2, 0.25) is 0 Å². The van der Waals surface area contributed by atoms with Crippen LogP contribution in [0.1, 0.15) is 28.4 Å². The van der Waals surface area contributed by atoms with Crippen molar-refractivity contribution in [2.45, 2.75) is 18.9 Å². The molecule has 2 nitrogen and oxygen atoms in total. The molecule has 20 heavy (non-hydrogen) atoms. The number of nitrogens with zero attached hydrogens (tertiary/aromatic N) is 1. The molecule has 2 aromatic rings. The van der Waals surface area contributed by atoms with E-state index in [2.05, 4.69) is 4.98 Å². The molecule has 2 N–H and O–H groups in total.